The van der Waals surface area contributed by atoms with Gasteiger partial charge in [-0.25, -0.2) is 4.79 Å². The number of unbranched alkanes of at least 4 members (excludes halogenated alkanes) is 15. The van der Waals surface area contributed by atoms with Gasteiger partial charge in [0.25, 0.3) is 0 Å². The highest BCUT2D eigenvalue weighted by Gasteiger charge is 2.42. The largest absolute Gasteiger partial charge is 0.466 e. The fourth-order valence-corrected chi connectivity index (χ4v) is 6.53. The smallest absolute Gasteiger partial charge is 0.315 e. The maximum atomic E-state index is 11.9. The standard InChI is InChI=1S/C27H50N2O3S/c1-2-3-4-5-6-7-8-9-10-11-12-13-14-15-18-21-32-25(30)20-17-16-19-24-26-23(22-33-24)28-27(31)29-26/h23-24,26H,2-22H2,1H3,(H2,28,29,31)/t23-,24-,26-/m1/s1. The Morgan fingerprint density at radius 3 is 2.00 bits per heavy atom. The number of carbonyl (C=O) groups is 2. The Balaban J connectivity index is 1.27. The molecule has 2 rings (SSSR count). The van der Waals surface area contributed by atoms with Crippen molar-refractivity contribution < 1.29 is 14.3 Å². The van der Waals surface area contributed by atoms with E-state index in [0.29, 0.717) is 18.3 Å². The number of amides is 2. The number of thioether (sulfide) groups is 1. The van der Waals surface area contributed by atoms with Gasteiger partial charge >= 0.3 is 12.0 Å². The molecule has 5 nitrogen and oxygen atoms in total. The molecule has 0 spiro atoms. The van der Waals surface area contributed by atoms with E-state index < -0.39 is 0 Å². The second-order valence-corrected chi connectivity index (χ2v) is 11.3. The van der Waals surface area contributed by atoms with Crippen molar-refractivity contribution in [1.82, 2.24) is 10.6 Å². The highest BCUT2D eigenvalue weighted by atomic mass is 32.2. The van der Waals surface area contributed by atoms with E-state index in [1.807, 2.05) is 11.8 Å². The van der Waals surface area contributed by atoms with Gasteiger partial charge in [0, 0.05) is 17.4 Å². The zero-order valence-corrected chi connectivity index (χ0v) is 22.0. The summed E-state index contributed by atoms with van der Waals surface area (Å²) in [6, 6.07) is 0.518. The molecule has 0 aliphatic carbocycles. The number of esters is 1. The number of ether oxygens (including phenoxy) is 1. The van der Waals surface area contributed by atoms with Crippen molar-refractivity contribution in [2.45, 2.75) is 146 Å². The molecule has 2 saturated heterocycles. The molecule has 0 unspecified atom stereocenters. The van der Waals surface area contributed by atoms with E-state index in [4.69, 9.17) is 4.74 Å². The highest BCUT2D eigenvalue weighted by molar-refractivity contribution is 8.00. The Hall–Kier alpha value is -0.910. The second-order valence-electron chi connectivity index (χ2n) is 10.0. The van der Waals surface area contributed by atoms with Crippen molar-refractivity contribution in [3.05, 3.63) is 0 Å². The van der Waals surface area contributed by atoms with E-state index in [1.54, 1.807) is 0 Å². The second kappa shape index (κ2) is 18.4. The van der Waals surface area contributed by atoms with Crippen LogP contribution in [-0.4, -0.2) is 41.7 Å². The Morgan fingerprint density at radius 1 is 0.818 bits per heavy atom. The predicted molar refractivity (Wildman–Crippen MR) is 140 cm³/mol. The van der Waals surface area contributed by atoms with E-state index in [0.717, 1.165) is 31.4 Å². The molecule has 0 radical (unpaired) electrons. The van der Waals surface area contributed by atoms with Crippen molar-refractivity contribution in [3.8, 4) is 0 Å². The van der Waals surface area contributed by atoms with Gasteiger partial charge < -0.3 is 15.4 Å². The van der Waals surface area contributed by atoms with Gasteiger partial charge in [0.1, 0.15) is 0 Å². The first-order valence-electron chi connectivity index (χ1n) is 14.0. The van der Waals surface area contributed by atoms with Crippen LogP contribution in [0.4, 0.5) is 4.79 Å². The van der Waals surface area contributed by atoms with Gasteiger partial charge in [0.05, 0.1) is 18.7 Å². The summed E-state index contributed by atoms with van der Waals surface area (Å²) in [5.41, 5.74) is 0. The van der Waals surface area contributed by atoms with Crippen molar-refractivity contribution in [2.75, 3.05) is 12.4 Å². The van der Waals surface area contributed by atoms with Crippen LogP contribution in [0.1, 0.15) is 129 Å². The molecule has 2 heterocycles. The summed E-state index contributed by atoms with van der Waals surface area (Å²) in [5.74, 6) is 0.947. The lowest BCUT2D eigenvalue weighted by atomic mass is 10.0. The van der Waals surface area contributed by atoms with E-state index in [-0.39, 0.29) is 24.1 Å². The average molecular weight is 483 g/mol. The summed E-state index contributed by atoms with van der Waals surface area (Å²) in [5, 5.41) is 6.48. The molecule has 2 amide bonds. The Kier molecular flexibility index (Phi) is 15.8. The summed E-state index contributed by atoms with van der Waals surface area (Å²) in [6.07, 6.45) is 23.7. The summed E-state index contributed by atoms with van der Waals surface area (Å²) < 4.78 is 5.40. The summed E-state index contributed by atoms with van der Waals surface area (Å²) in [6.45, 7) is 2.86. The first-order valence-corrected chi connectivity index (χ1v) is 15.1. The third-order valence-corrected chi connectivity index (χ3v) is 8.58. The summed E-state index contributed by atoms with van der Waals surface area (Å²) in [4.78, 5) is 23.3. The number of urea groups is 1. The lowest BCUT2D eigenvalue weighted by molar-refractivity contribution is -0.143. The number of hydrogen-bond donors (Lipinski definition) is 2. The molecule has 0 aromatic rings. The average Bonchev–Trinajstić information content (AvgIpc) is 3.35. The fraction of sp³-hybridized carbons (Fsp3) is 0.926. The van der Waals surface area contributed by atoms with Crippen LogP contribution in [0.25, 0.3) is 0 Å². The summed E-state index contributed by atoms with van der Waals surface area (Å²) >= 11 is 1.93. The van der Waals surface area contributed by atoms with Crippen LogP contribution < -0.4 is 10.6 Å². The van der Waals surface area contributed by atoms with Gasteiger partial charge in [-0.1, -0.05) is 103 Å². The molecule has 2 N–H and O–H groups in total. The maximum absolute atomic E-state index is 11.9. The van der Waals surface area contributed by atoms with Crippen molar-refractivity contribution in [3.63, 3.8) is 0 Å². The Bertz CT molecular complexity index is 531. The Labute approximate surface area is 207 Å². The molecule has 0 saturated carbocycles. The SMILES string of the molecule is CCCCCCCCCCCCCCCCCOC(=O)CCCC[C@H]1SC[C@H]2NC(=O)N[C@H]21. The normalized spacial score (nSPS) is 21.6. The highest BCUT2D eigenvalue weighted by Crippen LogP contribution is 2.33. The minimum Gasteiger partial charge on any atom is -0.466 e. The zero-order valence-electron chi connectivity index (χ0n) is 21.2. The molecule has 192 valence electrons. The van der Waals surface area contributed by atoms with Crippen LogP contribution in [0.15, 0.2) is 0 Å². The van der Waals surface area contributed by atoms with Gasteiger partial charge in [-0.05, 0) is 19.3 Å². The van der Waals surface area contributed by atoms with Crippen LogP contribution in [0.2, 0.25) is 0 Å². The molecular formula is C27H50N2O3S. The van der Waals surface area contributed by atoms with Crippen LogP contribution in [0.5, 0.6) is 0 Å². The number of carbonyl (C=O) groups excluding carboxylic acids is 2. The minimum absolute atomic E-state index is 0.0299. The first kappa shape index (κ1) is 28.3. The molecule has 2 aliphatic heterocycles. The molecule has 0 aromatic heterocycles. The maximum Gasteiger partial charge on any atom is 0.315 e. The number of rotatable bonds is 21. The number of hydrogen-bond acceptors (Lipinski definition) is 4. The van der Waals surface area contributed by atoms with Crippen molar-refractivity contribution >= 4 is 23.8 Å². The molecule has 2 aliphatic rings. The molecule has 3 atom stereocenters. The van der Waals surface area contributed by atoms with Gasteiger partial charge in [0.2, 0.25) is 0 Å². The van der Waals surface area contributed by atoms with E-state index >= 15 is 0 Å². The summed E-state index contributed by atoms with van der Waals surface area (Å²) in [7, 11) is 0. The lowest BCUT2D eigenvalue weighted by Gasteiger charge is -2.16. The van der Waals surface area contributed by atoms with Gasteiger partial charge in [-0.15, -0.1) is 0 Å². The minimum atomic E-state index is -0.0480. The lowest BCUT2D eigenvalue weighted by Crippen LogP contribution is -2.36. The van der Waals surface area contributed by atoms with Gasteiger partial charge in [-0.2, -0.15) is 11.8 Å². The number of nitrogens with one attached hydrogen (secondary N) is 2. The van der Waals surface area contributed by atoms with Crippen LogP contribution in [-0.2, 0) is 9.53 Å². The molecule has 0 bridgehead atoms. The first-order chi connectivity index (χ1) is 16.2. The molecule has 33 heavy (non-hydrogen) atoms. The molecule has 0 aromatic carbocycles. The van der Waals surface area contributed by atoms with Crippen LogP contribution >= 0.6 is 11.8 Å². The van der Waals surface area contributed by atoms with Gasteiger partial charge in [-0.3, -0.25) is 4.79 Å². The quantitative estimate of drug-likeness (QED) is 0.104. The predicted octanol–water partition coefficient (Wildman–Crippen LogP) is 7.13. The third-order valence-electron chi connectivity index (χ3n) is 7.07. The molecule has 6 heteroatoms. The zero-order chi connectivity index (χ0) is 23.6. The van der Waals surface area contributed by atoms with Gasteiger partial charge in [0.15, 0.2) is 0 Å². The molecular weight excluding hydrogens is 432 g/mol. The van der Waals surface area contributed by atoms with E-state index in [1.165, 1.54) is 89.9 Å². The monoisotopic (exact) mass is 482 g/mol. The number of fused-ring (bicyclic) bond motifs is 1. The van der Waals surface area contributed by atoms with Crippen molar-refractivity contribution in [1.29, 1.82) is 0 Å². The van der Waals surface area contributed by atoms with Crippen LogP contribution in [0.3, 0.4) is 0 Å². The fourth-order valence-electron chi connectivity index (χ4n) is 4.99. The topological polar surface area (TPSA) is 67.4 Å². The third kappa shape index (κ3) is 12.9. The Morgan fingerprint density at radius 2 is 1.39 bits per heavy atom. The van der Waals surface area contributed by atoms with Crippen LogP contribution in [0, 0.1) is 0 Å². The van der Waals surface area contributed by atoms with Crippen molar-refractivity contribution in [2.24, 2.45) is 0 Å². The van der Waals surface area contributed by atoms with E-state index in [9.17, 15) is 9.59 Å². The molecule has 2 fully saturated rings. The van der Waals surface area contributed by atoms with E-state index in [2.05, 4.69) is 17.6 Å².